The van der Waals surface area contributed by atoms with Gasteiger partial charge in [0.25, 0.3) is 0 Å². The Kier molecular flexibility index (Phi) is 5.95. The molecule has 3 nitrogen and oxygen atoms in total. The maximum absolute atomic E-state index is 4.25. The first kappa shape index (κ1) is 13.6. The van der Waals surface area contributed by atoms with Crippen molar-refractivity contribution in [3.05, 3.63) is 16.6 Å². The number of thiazole rings is 1. The quantitative estimate of drug-likeness (QED) is 0.718. The van der Waals surface area contributed by atoms with Crippen molar-refractivity contribution in [1.29, 1.82) is 0 Å². The second-order valence-corrected chi connectivity index (χ2v) is 5.73. The second-order valence-electron chi connectivity index (χ2n) is 5.01. The Morgan fingerprint density at radius 2 is 2.06 bits per heavy atom. The Hall–Kier alpha value is -0.450. The molecule has 0 unspecified atom stereocenters. The lowest BCUT2D eigenvalue weighted by molar-refractivity contribution is 0.419. The Balaban J connectivity index is 1.89. The second kappa shape index (κ2) is 6.99. The minimum atomic E-state index is 0.237. The lowest BCUT2D eigenvalue weighted by Gasteiger charge is -2.20. The monoisotopic (exact) mass is 241 g/mol. The first-order chi connectivity index (χ1) is 7.58. The molecule has 0 saturated carbocycles. The van der Waals surface area contributed by atoms with Gasteiger partial charge in [0.1, 0.15) is 0 Å². The molecule has 1 rings (SSSR count). The first-order valence-corrected chi connectivity index (χ1v) is 6.85. The van der Waals surface area contributed by atoms with Crippen molar-refractivity contribution in [2.24, 2.45) is 0 Å². The molecule has 0 amide bonds. The highest BCUT2D eigenvalue weighted by molar-refractivity contribution is 7.07. The van der Waals surface area contributed by atoms with Crippen LogP contribution in [0.3, 0.4) is 0 Å². The predicted octanol–water partition coefficient (Wildman–Crippen LogP) is 2.05. The van der Waals surface area contributed by atoms with Gasteiger partial charge >= 0.3 is 0 Å². The molecule has 1 aromatic rings. The molecular weight excluding hydrogens is 218 g/mol. The molecule has 0 spiro atoms. The van der Waals surface area contributed by atoms with E-state index >= 15 is 0 Å². The van der Waals surface area contributed by atoms with Crippen LogP contribution in [0.2, 0.25) is 0 Å². The third-order valence-electron chi connectivity index (χ3n) is 2.23. The van der Waals surface area contributed by atoms with Gasteiger partial charge in [-0.25, -0.2) is 4.98 Å². The molecule has 1 aromatic heterocycles. The van der Waals surface area contributed by atoms with Gasteiger partial charge in [0.05, 0.1) is 11.2 Å². The molecule has 4 heteroatoms. The lowest BCUT2D eigenvalue weighted by Crippen LogP contribution is -2.37. The molecule has 0 aliphatic carbocycles. The van der Waals surface area contributed by atoms with E-state index in [1.54, 1.807) is 11.3 Å². The average molecular weight is 241 g/mol. The van der Waals surface area contributed by atoms with Crippen molar-refractivity contribution < 1.29 is 0 Å². The van der Waals surface area contributed by atoms with Gasteiger partial charge in [0.2, 0.25) is 0 Å². The van der Waals surface area contributed by atoms with Crippen LogP contribution in [-0.4, -0.2) is 30.2 Å². The molecule has 2 N–H and O–H groups in total. The van der Waals surface area contributed by atoms with Crippen LogP contribution in [0.15, 0.2) is 10.9 Å². The summed E-state index contributed by atoms with van der Waals surface area (Å²) in [6, 6.07) is 0. The van der Waals surface area contributed by atoms with Gasteiger partial charge in [-0.15, -0.1) is 11.3 Å². The Morgan fingerprint density at radius 1 is 1.25 bits per heavy atom. The molecule has 16 heavy (non-hydrogen) atoms. The predicted molar refractivity (Wildman–Crippen MR) is 71.1 cm³/mol. The van der Waals surface area contributed by atoms with Crippen LogP contribution in [0.5, 0.6) is 0 Å². The van der Waals surface area contributed by atoms with Gasteiger partial charge in [0.15, 0.2) is 0 Å². The minimum Gasteiger partial charge on any atom is -0.316 e. The summed E-state index contributed by atoms with van der Waals surface area (Å²) < 4.78 is 0. The number of hydrogen-bond acceptors (Lipinski definition) is 4. The zero-order valence-electron chi connectivity index (χ0n) is 10.5. The summed E-state index contributed by atoms with van der Waals surface area (Å²) in [7, 11) is 0. The number of hydrogen-bond donors (Lipinski definition) is 2. The largest absolute Gasteiger partial charge is 0.316 e. The van der Waals surface area contributed by atoms with E-state index in [0.717, 1.165) is 26.1 Å². The fraction of sp³-hybridized carbons (Fsp3) is 0.750. The molecular formula is C12H23N3S. The highest BCUT2D eigenvalue weighted by Crippen LogP contribution is 2.00. The fourth-order valence-corrected chi connectivity index (χ4v) is 1.97. The summed E-state index contributed by atoms with van der Waals surface area (Å²) in [5.41, 5.74) is 3.33. The van der Waals surface area contributed by atoms with Crippen LogP contribution in [-0.2, 0) is 6.42 Å². The summed E-state index contributed by atoms with van der Waals surface area (Å²) in [5, 5.41) is 9.02. The van der Waals surface area contributed by atoms with E-state index in [0.29, 0.717) is 0 Å². The summed E-state index contributed by atoms with van der Waals surface area (Å²) in [4.78, 5) is 4.25. The summed E-state index contributed by atoms with van der Waals surface area (Å²) in [5.74, 6) is 0. The number of rotatable bonds is 7. The standard InChI is InChI=1S/C12H23N3S/c1-12(2,3)15-7-4-6-13-8-5-11-9-16-10-14-11/h9-10,13,15H,4-8H2,1-3H3. The van der Waals surface area contributed by atoms with E-state index in [1.807, 2.05) is 5.51 Å². The zero-order valence-corrected chi connectivity index (χ0v) is 11.4. The highest BCUT2D eigenvalue weighted by atomic mass is 32.1. The van der Waals surface area contributed by atoms with E-state index in [9.17, 15) is 0 Å². The van der Waals surface area contributed by atoms with Gasteiger partial charge < -0.3 is 10.6 Å². The normalized spacial score (nSPS) is 11.9. The van der Waals surface area contributed by atoms with E-state index in [2.05, 4.69) is 41.8 Å². The van der Waals surface area contributed by atoms with Gasteiger partial charge in [0, 0.05) is 23.9 Å². The summed E-state index contributed by atoms with van der Waals surface area (Å²) in [6.07, 6.45) is 2.21. The molecule has 0 saturated heterocycles. The maximum Gasteiger partial charge on any atom is 0.0794 e. The van der Waals surface area contributed by atoms with Crippen LogP contribution in [0.25, 0.3) is 0 Å². The maximum atomic E-state index is 4.25. The molecule has 92 valence electrons. The molecule has 0 atom stereocenters. The summed E-state index contributed by atoms with van der Waals surface area (Å²) in [6.45, 7) is 9.77. The number of aromatic nitrogens is 1. The van der Waals surface area contributed by atoms with Crippen molar-refractivity contribution in [1.82, 2.24) is 15.6 Å². The van der Waals surface area contributed by atoms with E-state index in [1.165, 1.54) is 12.1 Å². The fourth-order valence-electron chi connectivity index (χ4n) is 1.38. The average Bonchev–Trinajstić information content (AvgIpc) is 2.67. The van der Waals surface area contributed by atoms with Crippen LogP contribution < -0.4 is 10.6 Å². The SMILES string of the molecule is CC(C)(C)NCCCNCCc1cscn1. The van der Waals surface area contributed by atoms with E-state index in [4.69, 9.17) is 0 Å². The third-order valence-corrected chi connectivity index (χ3v) is 2.86. The molecule has 0 fully saturated rings. The van der Waals surface area contributed by atoms with E-state index in [-0.39, 0.29) is 5.54 Å². The number of nitrogens with one attached hydrogen (secondary N) is 2. The minimum absolute atomic E-state index is 0.237. The van der Waals surface area contributed by atoms with Gasteiger partial charge in [-0.1, -0.05) is 0 Å². The van der Waals surface area contributed by atoms with Crippen molar-refractivity contribution in [3.63, 3.8) is 0 Å². The first-order valence-electron chi connectivity index (χ1n) is 5.91. The van der Waals surface area contributed by atoms with Crippen molar-refractivity contribution in [2.75, 3.05) is 19.6 Å². The molecule has 0 aromatic carbocycles. The summed E-state index contributed by atoms with van der Waals surface area (Å²) >= 11 is 1.67. The van der Waals surface area contributed by atoms with Gasteiger partial charge in [-0.05, 0) is 40.3 Å². The molecule has 1 heterocycles. The smallest absolute Gasteiger partial charge is 0.0794 e. The van der Waals surface area contributed by atoms with Crippen molar-refractivity contribution >= 4 is 11.3 Å². The Labute approximate surface area is 103 Å². The van der Waals surface area contributed by atoms with Gasteiger partial charge in [-0.3, -0.25) is 0 Å². The topological polar surface area (TPSA) is 37.0 Å². The molecule has 0 aliphatic heterocycles. The Bertz CT molecular complexity index is 264. The molecule has 0 radical (unpaired) electrons. The van der Waals surface area contributed by atoms with E-state index < -0.39 is 0 Å². The van der Waals surface area contributed by atoms with Crippen LogP contribution in [0.4, 0.5) is 0 Å². The third kappa shape index (κ3) is 6.93. The van der Waals surface area contributed by atoms with Crippen molar-refractivity contribution in [2.45, 2.75) is 39.2 Å². The Morgan fingerprint density at radius 3 is 2.69 bits per heavy atom. The van der Waals surface area contributed by atoms with Crippen LogP contribution in [0.1, 0.15) is 32.9 Å². The molecule has 0 aliphatic rings. The lowest BCUT2D eigenvalue weighted by atomic mass is 10.1. The van der Waals surface area contributed by atoms with Gasteiger partial charge in [-0.2, -0.15) is 0 Å². The van der Waals surface area contributed by atoms with Crippen molar-refractivity contribution in [3.8, 4) is 0 Å². The van der Waals surface area contributed by atoms with Crippen LogP contribution in [0, 0.1) is 0 Å². The number of nitrogens with zero attached hydrogens (tertiary/aromatic N) is 1. The zero-order chi connectivity index (χ0) is 11.9. The van der Waals surface area contributed by atoms with Crippen LogP contribution >= 0.6 is 11.3 Å². The molecule has 0 bridgehead atoms. The highest BCUT2D eigenvalue weighted by Gasteiger charge is 2.06.